The van der Waals surface area contributed by atoms with E-state index in [9.17, 15) is 4.79 Å². The van der Waals surface area contributed by atoms with Crippen LogP contribution in [0.5, 0.6) is 0 Å². The average molecular weight is 261 g/mol. The van der Waals surface area contributed by atoms with Crippen molar-refractivity contribution in [2.75, 3.05) is 13.1 Å². The second-order valence-electron chi connectivity index (χ2n) is 4.68. The third-order valence-electron chi connectivity index (χ3n) is 3.31. The minimum Gasteiger partial charge on any atom is -0.341 e. The van der Waals surface area contributed by atoms with Crippen molar-refractivity contribution in [3.05, 3.63) is 36.3 Å². The van der Waals surface area contributed by atoms with Gasteiger partial charge in [-0.2, -0.15) is 12.6 Å². The van der Waals surface area contributed by atoms with Crippen LogP contribution in [-0.4, -0.2) is 38.5 Å². The summed E-state index contributed by atoms with van der Waals surface area (Å²) in [5, 5.41) is 0.202. The fourth-order valence-electron chi connectivity index (χ4n) is 2.35. The van der Waals surface area contributed by atoms with Crippen LogP contribution in [0.2, 0.25) is 0 Å². The number of hydrogen-bond donors (Lipinski definition) is 1. The van der Waals surface area contributed by atoms with Crippen LogP contribution >= 0.6 is 12.6 Å². The van der Waals surface area contributed by atoms with E-state index in [2.05, 4.69) is 29.9 Å². The van der Waals surface area contributed by atoms with E-state index in [1.165, 1.54) is 5.56 Å². The van der Waals surface area contributed by atoms with E-state index in [0.717, 1.165) is 25.2 Å². The number of aromatic nitrogens is 2. The quantitative estimate of drug-likeness (QED) is 0.848. The number of amides is 1. The highest BCUT2D eigenvalue weighted by Gasteiger charge is 2.26. The summed E-state index contributed by atoms with van der Waals surface area (Å²) < 4.78 is 2.00. The molecule has 0 saturated carbocycles. The largest absolute Gasteiger partial charge is 0.341 e. The van der Waals surface area contributed by atoms with Gasteiger partial charge in [0, 0.05) is 43.4 Å². The molecule has 0 radical (unpaired) electrons. The smallest absolute Gasteiger partial charge is 0.223 e. The normalized spacial score (nSPS) is 19.9. The molecule has 1 saturated heterocycles. The van der Waals surface area contributed by atoms with Crippen LogP contribution in [0, 0.1) is 0 Å². The maximum absolute atomic E-state index is 11.6. The molecule has 1 aliphatic heterocycles. The van der Waals surface area contributed by atoms with Gasteiger partial charge in [0.25, 0.3) is 0 Å². The Labute approximate surface area is 111 Å². The first-order valence-electron chi connectivity index (χ1n) is 6.10. The molecule has 2 aromatic rings. The fourth-order valence-corrected chi connectivity index (χ4v) is 2.70. The molecule has 0 bridgehead atoms. The van der Waals surface area contributed by atoms with E-state index in [-0.39, 0.29) is 11.2 Å². The number of fused-ring (bicyclic) bond motifs is 1. The van der Waals surface area contributed by atoms with Crippen LogP contribution in [0.15, 0.2) is 30.7 Å². The predicted octanol–water partition coefficient (Wildman–Crippen LogP) is 1.41. The lowest BCUT2D eigenvalue weighted by Crippen LogP contribution is -2.27. The molecule has 1 atom stereocenters. The summed E-state index contributed by atoms with van der Waals surface area (Å²) in [7, 11) is 0. The first kappa shape index (κ1) is 11.6. The van der Waals surface area contributed by atoms with Crippen LogP contribution in [0.1, 0.15) is 12.0 Å². The molecule has 2 aromatic heterocycles. The van der Waals surface area contributed by atoms with E-state index in [1.807, 2.05) is 21.6 Å². The number of thiol groups is 1. The van der Waals surface area contributed by atoms with Crippen LogP contribution < -0.4 is 0 Å². The highest BCUT2D eigenvalue weighted by molar-refractivity contribution is 7.81. The zero-order chi connectivity index (χ0) is 12.5. The molecule has 18 heavy (non-hydrogen) atoms. The average Bonchev–Trinajstić information content (AvgIpc) is 2.92. The van der Waals surface area contributed by atoms with Crippen molar-refractivity contribution in [2.24, 2.45) is 0 Å². The molecule has 1 amide bonds. The standard InChI is InChI=1S/C13H15N3OS/c17-13-7-11(18)9-16(13)5-3-10-1-2-12-14-4-6-15(12)8-10/h1-2,4,6,8,11,18H,3,5,7,9H2. The summed E-state index contributed by atoms with van der Waals surface area (Å²) in [6, 6.07) is 4.07. The lowest BCUT2D eigenvalue weighted by Gasteiger charge is -2.15. The van der Waals surface area contributed by atoms with Crippen molar-refractivity contribution in [3.63, 3.8) is 0 Å². The summed E-state index contributed by atoms with van der Waals surface area (Å²) >= 11 is 4.36. The van der Waals surface area contributed by atoms with Crippen molar-refractivity contribution >= 4 is 24.2 Å². The topological polar surface area (TPSA) is 37.6 Å². The molecule has 1 aliphatic rings. The van der Waals surface area contributed by atoms with Gasteiger partial charge in [0.05, 0.1) is 0 Å². The van der Waals surface area contributed by atoms with Crippen molar-refractivity contribution in [2.45, 2.75) is 18.1 Å². The SMILES string of the molecule is O=C1CC(S)CN1CCc1ccc2nccn2c1. The van der Waals surface area contributed by atoms with Gasteiger partial charge < -0.3 is 9.30 Å². The molecule has 0 spiro atoms. The Morgan fingerprint density at radius 2 is 2.33 bits per heavy atom. The first-order valence-corrected chi connectivity index (χ1v) is 6.61. The Kier molecular flexibility index (Phi) is 2.99. The lowest BCUT2D eigenvalue weighted by atomic mass is 10.2. The zero-order valence-electron chi connectivity index (χ0n) is 9.99. The number of rotatable bonds is 3. The molecule has 3 rings (SSSR count). The Bertz CT molecular complexity index is 580. The monoisotopic (exact) mass is 261 g/mol. The highest BCUT2D eigenvalue weighted by Crippen LogP contribution is 2.16. The van der Waals surface area contributed by atoms with Crippen LogP contribution in [0.4, 0.5) is 0 Å². The molecule has 0 aromatic carbocycles. The number of imidazole rings is 1. The van der Waals surface area contributed by atoms with Gasteiger partial charge in [-0.05, 0) is 18.1 Å². The van der Waals surface area contributed by atoms with Gasteiger partial charge in [0.2, 0.25) is 5.91 Å². The molecule has 3 heterocycles. The molecule has 1 fully saturated rings. The third kappa shape index (κ3) is 2.22. The molecule has 0 aliphatic carbocycles. The van der Waals surface area contributed by atoms with Crippen molar-refractivity contribution in [3.8, 4) is 0 Å². The zero-order valence-corrected chi connectivity index (χ0v) is 10.9. The summed E-state index contributed by atoms with van der Waals surface area (Å²) in [6.45, 7) is 1.55. The van der Waals surface area contributed by atoms with Gasteiger partial charge in [0.1, 0.15) is 5.65 Å². The van der Waals surface area contributed by atoms with Gasteiger partial charge in [-0.25, -0.2) is 4.98 Å². The van der Waals surface area contributed by atoms with Crippen molar-refractivity contribution in [1.82, 2.24) is 14.3 Å². The number of carbonyl (C=O) groups is 1. The van der Waals surface area contributed by atoms with Gasteiger partial charge in [-0.3, -0.25) is 4.79 Å². The Balaban J connectivity index is 1.67. The number of carbonyl (C=O) groups excluding carboxylic acids is 1. The second-order valence-corrected chi connectivity index (χ2v) is 5.41. The minimum atomic E-state index is 0.202. The molecule has 5 heteroatoms. The first-order chi connectivity index (χ1) is 8.72. The molecule has 0 N–H and O–H groups in total. The molecule has 4 nitrogen and oxygen atoms in total. The minimum absolute atomic E-state index is 0.202. The number of likely N-dealkylation sites (tertiary alicyclic amines) is 1. The van der Waals surface area contributed by atoms with Crippen molar-refractivity contribution < 1.29 is 4.79 Å². The number of nitrogens with zero attached hydrogens (tertiary/aromatic N) is 3. The van der Waals surface area contributed by atoms with Crippen LogP contribution in [0.25, 0.3) is 5.65 Å². The summed E-state index contributed by atoms with van der Waals surface area (Å²) in [6.07, 6.45) is 7.24. The predicted molar refractivity (Wildman–Crippen MR) is 72.9 cm³/mol. The Hall–Kier alpha value is -1.49. The third-order valence-corrected chi connectivity index (χ3v) is 3.66. The van der Waals surface area contributed by atoms with Gasteiger partial charge in [-0.1, -0.05) is 6.07 Å². The molecule has 1 unspecified atom stereocenters. The lowest BCUT2D eigenvalue weighted by molar-refractivity contribution is -0.127. The Morgan fingerprint density at radius 3 is 3.11 bits per heavy atom. The summed E-state index contributed by atoms with van der Waals surface area (Å²) in [5.41, 5.74) is 2.17. The van der Waals surface area contributed by atoms with Crippen LogP contribution in [0.3, 0.4) is 0 Å². The van der Waals surface area contributed by atoms with E-state index >= 15 is 0 Å². The van der Waals surface area contributed by atoms with Gasteiger partial charge in [0.15, 0.2) is 0 Å². The summed E-state index contributed by atoms with van der Waals surface area (Å²) in [5.74, 6) is 0.221. The second kappa shape index (κ2) is 4.65. The van der Waals surface area contributed by atoms with Crippen LogP contribution in [-0.2, 0) is 11.2 Å². The molecule has 94 valence electrons. The molecular formula is C13H15N3OS. The van der Waals surface area contributed by atoms with E-state index in [4.69, 9.17) is 0 Å². The van der Waals surface area contributed by atoms with Gasteiger partial charge >= 0.3 is 0 Å². The maximum Gasteiger partial charge on any atom is 0.223 e. The van der Waals surface area contributed by atoms with E-state index < -0.39 is 0 Å². The Morgan fingerprint density at radius 1 is 1.44 bits per heavy atom. The maximum atomic E-state index is 11.6. The van der Waals surface area contributed by atoms with E-state index in [1.54, 1.807) is 6.20 Å². The fraction of sp³-hybridized carbons (Fsp3) is 0.385. The number of hydrogen-bond acceptors (Lipinski definition) is 3. The number of pyridine rings is 1. The highest BCUT2D eigenvalue weighted by atomic mass is 32.1. The van der Waals surface area contributed by atoms with Gasteiger partial charge in [-0.15, -0.1) is 0 Å². The molecular weight excluding hydrogens is 246 g/mol. The van der Waals surface area contributed by atoms with Crippen molar-refractivity contribution in [1.29, 1.82) is 0 Å². The summed E-state index contributed by atoms with van der Waals surface area (Å²) in [4.78, 5) is 17.7. The van der Waals surface area contributed by atoms with E-state index in [0.29, 0.717) is 6.42 Å².